The number of nitrogens with two attached hydrogens (primary N) is 1. The molecule has 0 atom stereocenters. The fraction of sp³-hybridized carbons (Fsp3) is 0.154. The quantitative estimate of drug-likeness (QED) is 0.824. The molecule has 0 bridgehead atoms. The normalized spacial score (nSPS) is 13.7. The summed E-state index contributed by atoms with van der Waals surface area (Å²) in [6.07, 6.45) is 0.0899. The molecule has 108 valence electrons. The van der Waals surface area contributed by atoms with Gasteiger partial charge in [-0.05, 0) is 12.1 Å². The second-order valence-corrected chi connectivity index (χ2v) is 5.84. The first-order valence-electron chi connectivity index (χ1n) is 6.02. The summed E-state index contributed by atoms with van der Waals surface area (Å²) in [6, 6.07) is 4.66. The number of rotatable bonds is 2. The minimum atomic E-state index is -0.404. The smallest absolute Gasteiger partial charge is 0.233 e. The summed E-state index contributed by atoms with van der Waals surface area (Å²) < 4.78 is 14.5. The molecule has 1 aromatic heterocycles. The average Bonchev–Trinajstić information content (AvgIpc) is 2.70. The van der Waals surface area contributed by atoms with Gasteiger partial charge in [0.15, 0.2) is 0 Å². The molecule has 0 aliphatic carbocycles. The number of carbonyl (C=O) groups excluding carboxylic acids is 1. The number of hydrogen-bond donors (Lipinski definition) is 1. The van der Waals surface area contributed by atoms with E-state index in [9.17, 15) is 9.18 Å². The van der Waals surface area contributed by atoms with Gasteiger partial charge in [0.05, 0.1) is 13.0 Å². The first-order chi connectivity index (χ1) is 9.95. The molecule has 5 nitrogen and oxygen atoms in total. The van der Waals surface area contributed by atoms with E-state index in [1.807, 2.05) is 0 Å². The molecule has 2 N–H and O–H groups in total. The SMILES string of the molecule is Nc1nc(Cl)c2c(n1)N(Cc1ccc(Br)cc1F)C(=O)C2. The van der Waals surface area contributed by atoms with Gasteiger partial charge in [-0.2, -0.15) is 4.98 Å². The Balaban J connectivity index is 1.99. The number of carbonyl (C=O) groups is 1. The first kappa shape index (κ1) is 14.2. The van der Waals surface area contributed by atoms with Crippen LogP contribution in [0.1, 0.15) is 11.1 Å². The molecule has 3 rings (SSSR count). The number of nitrogens with zero attached hydrogens (tertiary/aromatic N) is 3. The lowest BCUT2D eigenvalue weighted by Gasteiger charge is -2.17. The van der Waals surface area contributed by atoms with Crippen LogP contribution in [0, 0.1) is 5.82 Å². The van der Waals surface area contributed by atoms with Gasteiger partial charge in [0.1, 0.15) is 16.8 Å². The lowest BCUT2D eigenvalue weighted by Crippen LogP contribution is -2.27. The van der Waals surface area contributed by atoms with Crippen LogP contribution in [-0.2, 0) is 17.8 Å². The van der Waals surface area contributed by atoms with Crippen molar-refractivity contribution in [1.29, 1.82) is 0 Å². The fourth-order valence-corrected chi connectivity index (χ4v) is 2.76. The zero-order valence-corrected chi connectivity index (χ0v) is 12.9. The molecule has 0 spiro atoms. The van der Waals surface area contributed by atoms with Crippen molar-refractivity contribution in [3.05, 3.63) is 44.8 Å². The van der Waals surface area contributed by atoms with Gasteiger partial charge in [-0.3, -0.25) is 9.69 Å². The number of fused-ring (bicyclic) bond motifs is 1. The lowest BCUT2D eigenvalue weighted by molar-refractivity contribution is -0.117. The molecule has 21 heavy (non-hydrogen) atoms. The molecule has 2 aromatic rings. The largest absolute Gasteiger partial charge is 0.368 e. The maximum Gasteiger partial charge on any atom is 0.233 e. The third kappa shape index (κ3) is 2.58. The topological polar surface area (TPSA) is 72.1 Å². The average molecular weight is 372 g/mol. The summed E-state index contributed by atoms with van der Waals surface area (Å²) in [4.78, 5) is 21.3. The highest BCUT2D eigenvalue weighted by molar-refractivity contribution is 9.10. The minimum Gasteiger partial charge on any atom is -0.368 e. The second kappa shape index (κ2) is 5.23. The Morgan fingerprint density at radius 1 is 1.43 bits per heavy atom. The summed E-state index contributed by atoms with van der Waals surface area (Å²) in [5, 5.41) is 0.157. The van der Waals surface area contributed by atoms with Gasteiger partial charge < -0.3 is 5.73 Å². The van der Waals surface area contributed by atoms with Crippen LogP contribution in [0.25, 0.3) is 0 Å². The van der Waals surface area contributed by atoms with E-state index in [1.54, 1.807) is 12.1 Å². The molecule has 8 heteroatoms. The molecule has 0 saturated heterocycles. The van der Waals surface area contributed by atoms with Crippen molar-refractivity contribution in [3.8, 4) is 0 Å². The highest BCUT2D eigenvalue weighted by atomic mass is 79.9. The third-order valence-electron chi connectivity index (χ3n) is 3.18. The van der Waals surface area contributed by atoms with Crippen LogP contribution in [0.2, 0.25) is 5.15 Å². The fourth-order valence-electron chi connectivity index (χ4n) is 2.18. The van der Waals surface area contributed by atoms with Crippen LogP contribution >= 0.6 is 27.5 Å². The Kier molecular flexibility index (Phi) is 3.54. The van der Waals surface area contributed by atoms with Crippen molar-refractivity contribution >= 4 is 45.2 Å². The molecular formula is C13H9BrClFN4O. The summed E-state index contributed by atoms with van der Waals surface area (Å²) >= 11 is 9.16. The van der Waals surface area contributed by atoms with Crippen LogP contribution in [0.4, 0.5) is 16.2 Å². The molecule has 1 aliphatic rings. The lowest BCUT2D eigenvalue weighted by atomic mass is 10.2. The van der Waals surface area contributed by atoms with Crippen LogP contribution < -0.4 is 10.6 Å². The Morgan fingerprint density at radius 2 is 2.19 bits per heavy atom. The number of aromatic nitrogens is 2. The van der Waals surface area contributed by atoms with Crippen molar-refractivity contribution in [2.24, 2.45) is 0 Å². The van der Waals surface area contributed by atoms with Gasteiger partial charge in [-0.15, -0.1) is 0 Å². The summed E-state index contributed by atoms with van der Waals surface area (Å²) in [5.74, 6) is -0.289. The van der Waals surface area contributed by atoms with Crippen molar-refractivity contribution in [1.82, 2.24) is 9.97 Å². The van der Waals surface area contributed by atoms with Crippen molar-refractivity contribution in [2.45, 2.75) is 13.0 Å². The van der Waals surface area contributed by atoms with E-state index in [2.05, 4.69) is 25.9 Å². The predicted molar refractivity (Wildman–Crippen MR) is 80.4 cm³/mol. The number of halogens is 3. The maximum atomic E-state index is 13.9. The van der Waals surface area contributed by atoms with E-state index in [1.165, 1.54) is 11.0 Å². The molecule has 0 fully saturated rings. The molecule has 1 aromatic carbocycles. The van der Waals surface area contributed by atoms with Crippen LogP contribution in [0.5, 0.6) is 0 Å². The zero-order valence-electron chi connectivity index (χ0n) is 10.6. The molecule has 0 radical (unpaired) electrons. The number of benzene rings is 1. The number of hydrogen-bond acceptors (Lipinski definition) is 4. The van der Waals surface area contributed by atoms with Gasteiger partial charge in [-0.25, -0.2) is 9.37 Å². The molecule has 0 saturated carbocycles. The number of amides is 1. The van der Waals surface area contributed by atoms with Crippen LogP contribution in [-0.4, -0.2) is 15.9 Å². The highest BCUT2D eigenvalue weighted by Crippen LogP contribution is 2.33. The van der Waals surface area contributed by atoms with Crippen molar-refractivity contribution < 1.29 is 9.18 Å². The van der Waals surface area contributed by atoms with Crippen molar-refractivity contribution in [2.75, 3.05) is 10.6 Å². The second-order valence-electron chi connectivity index (χ2n) is 4.57. The van der Waals surface area contributed by atoms with E-state index in [4.69, 9.17) is 17.3 Å². The summed E-state index contributed by atoms with van der Waals surface area (Å²) in [6.45, 7) is 0.0672. The molecular weight excluding hydrogens is 363 g/mol. The number of anilines is 2. The highest BCUT2D eigenvalue weighted by Gasteiger charge is 2.32. The van der Waals surface area contributed by atoms with E-state index in [-0.39, 0.29) is 30.0 Å². The summed E-state index contributed by atoms with van der Waals surface area (Å²) in [7, 11) is 0. The van der Waals surface area contributed by atoms with Crippen LogP contribution in [0.3, 0.4) is 0 Å². The molecule has 1 amide bonds. The molecule has 0 unspecified atom stereocenters. The Morgan fingerprint density at radius 3 is 2.90 bits per heavy atom. The van der Waals surface area contributed by atoms with Crippen LogP contribution in [0.15, 0.2) is 22.7 Å². The van der Waals surface area contributed by atoms with E-state index >= 15 is 0 Å². The van der Waals surface area contributed by atoms with E-state index in [0.717, 1.165) is 0 Å². The van der Waals surface area contributed by atoms with Crippen molar-refractivity contribution in [3.63, 3.8) is 0 Å². The predicted octanol–water partition coefficient (Wildman–Crippen LogP) is 2.70. The third-order valence-corrected chi connectivity index (χ3v) is 3.99. The molecule has 1 aliphatic heterocycles. The zero-order chi connectivity index (χ0) is 15.1. The standard InChI is InChI=1S/C13H9BrClFN4O/c14-7-2-1-6(9(16)3-7)5-20-10(21)4-8-11(15)18-13(17)19-12(8)20/h1-3H,4-5H2,(H2,17,18,19). The minimum absolute atomic E-state index is 0.0188. The molecule has 2 heterocycles. The Hall–Kier alpha value is -1.73. The van der Waals surface area contributed by atoms with Gasteiger partial charge in [0.25, 0.3) is 0 Å². The Labute approximate surface area is 133 Å². The van der Waals surface area contributed by atoms with Gasteiger partial charge in [0.2, 0.25) is 11.9 Å². The Bertz CT molecular complexity index is 755. The number of nitrogen functional groups attached to an aromatic ring is 1. The summed E-state index contributed by atoms with van der Waals surface area (Å²) in [5.41, 5.74) is 6.46. The van der Waals surface area contributed by atoms with E-state index in [0.29, 0.717) is 21.4 Å². The monoisotopic (exact) mass is 370 g/mol. The van der Waals surface area contributed by atoms with E-state index < -0.39 is 5.82 Å². The maximum absolute atomic E-state index is 13.9. The van der Waals surface area contributed by atoms with Gasteiger partial charge >= 0.3 is 0 Å². The van der Waals surface area contributed by atoms with Gasteiger partial charge in [0, 0.05) is 15.6 Å². The van der Waals surface area contributed by atoms with Gasteiger partial charge in [-0.1, -0.05) is 33.6 Å². The first-order valence-corrected chi connectivity index (χ1v) is 7.19.